The zero-order valence-electron chi connectivity index (χ0n) is 13.6. The molecular formula is C19H19ClFN3. The molecule has 3 aromatic rings. The van der Waals surface area contributed by atoms with Gasteiger partial charge in [-0.1, -0.05) is 23.7 Å². The van der Waals surface area contributed by atoms with E-state index < -0.39 is 0 Å². The average Bonchev–Trinajstić information content (AvgIpc) is 2.97. The number of rotatable bonds is 5. The highest BCUT2D eigenvalue weighted by Gasteiger charge is 2.09. The van der Waals surface area contributed by atoms with E-state index in [0.717, 1.165) is 22.5 Å². The molecule has 0 spiro atoms. The third-order valence-electron chi connectivity index (χ3n) is 3.61. The van der Waals surface area contributed by atoms with Crippen LogP contribution in [0, 0.1) is 5.82 Å². The molecule has 0 aliphatic heterocycles. The molecule has 0 saturated carbocycles. The van der Waals surface area contributed by atoms with Crippen molar-refractivity contribution in [2.45, 2.75) is 26.4 Å². The van der Waals surface area contributed by atoms with Gasteiger partial charge in [0.1, 0.15) is 11.6 Å². The second-order valence-corrected chi connectivity index (χ2v) is 6.46. The van der Waals surface area contributed by atoms with E-state index >= 15 is 0 Å². The first-order valence-corrected chi connectivity index (χ1v) is 8.22. The maximum atomic E-state index is 13.3. The van der Waals surface area contributed by atoms with E-state index in [1.807, 2.05) is 35.2 Å². The molecule has 24 heavy (non-hydrogen) atoms. The molecule has 0 aliphatic carbocycles. The van der Waals surface area contributed by atoms with Crippen molar-refractivity contribution in [3.05, 3.63) is 71.4 Å². The molecule has 2 aromatic heterocycles. The van der Waals surface area contributed by atoms with Crippen LogP contribution in [0.2, 0.25) is 5.02 Å². The maximum Gasteiger partial charge on any atom is 0.126 e. The van der Waals surface area contributed by atoms with Crippen LogP contribution in [0.1, 0.15) is 19.4 Å². The van der Waals surface area contributed by atoms with Gasteiger partial charge < -0.3 is 9.88 Å². The Morgan fingerprint density at radius 2 is 2.08 bits per heavy atom. The van der Waals surface area contributed by atoms with Gasteiger partial charge >= 0.3 is 0 Å². The first kappa shape index (κ1) is 16.5. The van der Waals surface area contributed by atoms with Gasteiger partial charge in [0.2, 0.25) is 0 Å². The molecule has 0 amide bonds. The maximum absolute atomic E-state index is 13.3. The number of halogens is 2. The van der Waals surface area contributed by atoms with Gasteiger partial charge in [-0.2, -0.15) is 0 Å². The second-order valence-electron chi connectivity index (χ2n) is 6.05. The number of benzene rings is 1. The van der Waals surface area contributed by atoms with Gasteiger partial charge in [0.15, 0.2) is 0 Å². The Morgan fingerprint density at radius 1 is 1.25 bits per heavy atom. The average molecular weight is 344 g/mol. The molecule has 5 heteroatoms. The largest absolute Gasteiger partial charge is 0.368 e. The van der Waals surface area contributed by atoms with Crippen LogP contribution in [0.15, 0.2) is 55.0 Å². The number of nitrogens with one attached hydrogen (secondary N) is 1. The first-order chi connectivity index (χ1) is 11.5. The van der Waals surface area contributed by atoms with Crippen LogP contribution in [-0.4, -0.2) is 15.6 Å². The summed E-state index contributed by atoms with van der Waals surface area (Å²) in [5.74, 6) is 0.573. The summed E-state index contributed by atoms with van der Waals surface area (Å²) in [5, 5.41) is 3.88. The van der Waals surface area contributed by atoms with E-state index in [0.29, 0.717) is 17.6 Å². The SMILES string of the molecule is CC(C)Nc1cc(-c2ccn(Cc3cccc(F)c3)c2)c(Cl)cn1. The van der Waals surface area contributed by atoms with E-state index in [2.05, 4.69) is 24.1 Å². The minimum atomic E-state index is -0.221. The van der Waals surface area contributed by atoms with E-state index in [-0.39, 0.29) is 5.82 Å². The van der Waals surface area contributed by atoms with Crippen molar-refractivity contribution in [3.8, 4) is 11.1 Å². The van der Waals surface area contributed by atoms with Crippen LogP contribution in [0.5, 0.6) is 0 Å². The van der Waals surface area contributed by atoms with Crippen molar-refractivity contribution < 1.29 is 4.39 Å². The van der Waals surface area contributed by atoms with Crippen molar-refractivity contribution >= 4 is 17.4 Å². The summed E-state index contributed by atoms with van der Waals surface area (Å²) in [6.45, 7) is 4.73. The van der Waals surface area contributed by atoms with Gasteiger partial charge in [-0.25, -0.2) is 9.37 Å². The van der Waals surface area contributed by atoms with E-state index in [4.69, 9.17) is 11.6 Å². The summed E-state index contributed by atoms with van der Waals surface area (Å²) in [7, 11) is 0. The van der Waals surface area contributed by atoms with Crippen LogP contribution < -0.4 is 5.32 Å². The quantitative estimate of drug-likeness (QED) is 0.689. The lowest BCUT2D eigenvalue weighted by Gasteiger charge is -2.11. The summed E-state index contributed by atoms with van der Waals surface area (Å²) < 4.78 is 15.3. The third kappa shape index (κ3) is 3.95. The lowest BCUT2D eigenvalue weighted by Crippen LogP contribution is -2.10. The zero-order chi connectivity index (χ0) is 17.1. The van der Waals surface area contributed by atoms with Gasteiger partial charge in [0, 0.05) is 42.3 Å². The summed E-state index contributed by atoms with van der Waals surface area (Å²) in [4.78, 5) is 4.30. The van der Waals surface area contributed by atoms with Crippen molar-refractivity contribution in [1.82, 2.24) is 9.55 Å². The number of hydrogen-bond acceptors (Lipinski definition) is 2. The van der Waals surface area contributed by atoms with Crippen molar-refractivity contribution in [3.63, 3.8) is 0 Å². The van der Waals surface area contributed by atoms with Crippen molar-refractivity contribution in [1.29, 1.82) is 0 Å². The van der Waals surface area contributed by atoms with Crippen LogP contribution >= 0.6 is 11.6 Å². The molecule has 124 valence electrons. The summed E-state index contributed by atoms with van der Waals surface area (Å²) in [6, 6.07) is 10.9. The van der Waals surface area contributed by atoms with Crippen molar-refractivity contribution in [2.75, 3.05) is 5.32 Å². The molecular weight excluding hydrogens is 325 g/mol. The minimum Gasteiger partial charge on any atom is -0.368 e. The molecule has 0 saturated heterocycles. The number of anilines is 1. The normalized spacial score (nSPS) is 11.0. The monoisotopic (exact) mass is 343 g/mol. The fourth-order valence-electron chi connectivity index (χ4n) is 2.58. The number of aromatic nitrogens is 2. The van der Waals surface area contributed by atoms with E-state index in [1.165, 1.54) is 6.07 Å². The van der Waals surface area contributed by atoms with Crippen molar-refractivity contribution in [2.24, 2.45) is 0 Å². The highest BCUT2D eigenvalue weighted by atomic mass is 35.5. The van der Waals surface area contributed by atoms with Gasteiger partial charge in [0.05, 0.1) is 5.02 Å². The standard InChI is InChI=1S/C19H19ClFN3/c1-13(2)23-19-9-17(18(20)10-22-19)15-6-7-24(12-15)11-14-4-3-5-16(21)8-14/h3-10,12-13H,11H2,1-2H3,(H,22,23). The molecule has 3 nitrogen and oxygen atoms in total. The zero-order valence-corrected chi connectivity index (χ0v) is 14.4. The fourth-order valence-corrected chi connectivity index (χ4v) is 2.79. The molecule has 0 atom stereocenters. The summed E-state index contributed by atoms with van der Waals surface area (Å²) in [6.07, 6.45) is 5.63. The Balaban J connectivity index is 1.85. The van der Waals surface area contributed by atoms with E-state index in [1.54, 1.807) is 18.3 Å². The predicted molar refractivity (Wildman–Crippen MR) is 96.9 cm³/mol. The Hall–Kier alpha value is -2.33. The Bertz CT molecular complexity index is 842. The summed E-state index contributed by atoms with van der Waals surface area (Å²) >= 11 is 6.31. The molecule has 0 aliphatic rings. The topological polar surface area (TPSA) is 29.9 Å². The highest BCUT2D eigenvalue weighted by molar-refractivity contribution is 6.33. The minimum absolute atomic E-state index is 0.221. The Kier molecular flexibility index (Phi) is 4.86. The number of nitrogens with zero attached hydrogens (tertiary/aromatic N) is 2. The van der Waals surface area contributed by atoms with Gasteiger partial charge in [0.25, 0.3) is 0 Å². The Morgan fingerprint density at radius 3 is 2.83 bits per heavy atom. The second kappa shape index (κ2) is 7.05. The van der Waals surface area contributed by atoms with Crippen LogP contribution in [0.3, 0.4) is 0 Å². The lowest BCUT2D eigenvalue weighted by atomic mass is 10.1. The van der Waals surface area contributed by atoms with Crippen LogP contribution in [0.25, 0.3) is 11.1 Å². The molecule has 0 unspecified atom stereocenters. The van der Waals surface area contributed by atoms with Gasteiger partial charge in [-0.05, 0) is 43.7 Å². The fraction of sp³-hybridized carbons (Fsp3) is 0.211. The highest BCUT2D eigenvalue weighted by Crippen LogP contribution is 2.30. The lowest BCUT2D eigenvalue weighted by molar-refractivity contribution is 0.623. The molecule has 1 N–H and O–H groups in total. The van der Waals surface area contributed by atoms with E-state index in [9.17, 15) is 4.39 Å². The number of hydrogen-bond donors (Lipinski definition) is 1. The molecule has 0 radical (unpaired) electrons. The van der Waals surface area contributed by atoms with Gasteiger partial charge in [-0.3, -0.25) is 0 Å². The first-order valence-electron chi connectivity index (χ1n) is 7.84. The Labute approximate surface area is 146 Å². The molecule has 0 fully saturated rings. The molecule has 2 heterocycles. The van der Waals surface area contributed by atoms with Crippen LogP contribution in [0.4, 0.5) is 10.2 Å². The van der Waals surface area contributed by atoms with Gasteiger partial charge in [-0.15, -0.1) is 0 Å². The molecule has 0 bridgehead atoms. The molecule has 1 aromatic carbocycles. The smallest absolute Gasteiger partial charge is 0.126 e. The predicted octanol–water partition coefficient (Wildman–Crippen LogP) is 5.21. The number of pyridine rings is 1. The molecule has 3 rings (SSSR count). The third-order valence-corrected chi connectivity index (χ3v) is 3.91. The summed E-state index contributed by atoms with van der Waals surface area (Å²) in [5.41, 5.74) is 2.85. The van der Waals surface area contributed by atoms with Crippen LogP contribution in [-0.2, 0) is 6.54 Å².